The Hall–Kier alpha value is -10.5. The van der Waals surface area contributed by atoms with Crippen molar-refractivity contribution < 1.29 is 57.9 Å². The van der Waals surface area contributed by atoms with Crippen LogP contribution in [0.3, 0.4) is 0 Å². The van der Waals surface area contributed by atoms with E-state index in [-0.39, 0.29) is 61.1 Å². The highest BCUT2D eigenvalue weighted by atomic mass is 35.5. The van der Waals surface area contributed by atoms with Crippen molar-refractivity contribution in [2.45, 2.75) is 184 Å². The number of aliphatic hydroxyl groups excluding tert-OH is 2. The number of fused-ring (bicyclic) bond motifs is 8. The molecule has 9 aliphatic rings. The maximum Gasteiger partial charge on any atom is 0.357 e. The van der Waals surface area contributed by atoms with Crippen LogP contribution in [0.25, 0.3) is 5.69 Å². The summed E-state index contributed by atoms with van der Waals surface area (Å²) >= 11 is 6.03. The summed E-state index contributed by atoms with van der Waals surface area (Å²) in [6.45, 7) is 11.1. The Morgan fingerprint density at radius 3 is 1.23 bits per heavy atom. The van der Waals surface area contributed by atoms with Gasteiger partial charge in [0.15, 0.2) is 28.5 Å². The van der Waals surface area contributed by atoms with Crippen LogP contribution < -0.4 is 0 Å². The molecule has 0 amide bonds. The van der Waals surface area contributed by atoms with Crippen molar-refractivity contribution in [2.24, 2.45) is 5.92 Å². The van der Waals surface area contributed by atoms with Gasteiger partial charge >= 0.3 is 29.8 Å². The van der Waals surface area contributed by atoms with Gasteiger partial charge in [-0.2, -0.15) is 10.5 Å². The molecule has 2 N–H and O–H groups in total. The Balaban J connectivity index is 0.000000110. The third-order valence-corrected chi connectivity index (χ3v) is 21.4. The van der Waals surface area contributed by atoms with Crippen LogP contribution in [0.15, 0.2) is 123 Å². The summed E-state index contributed by atoms with van der Waals surface area (Å²) in [7, 11) is 0. The SMILES string of the molecule is CC1(C)Cc2ncn(C3CCC(C#N)CC3)c2C(=O)O1.CC1(C)Cc2ncn(C3Cc4ccccc4C3)c2C(=O)O1.CC1(CO)Cc2ncn(C3Cc4ccccc4C3)c2C(=O)O1.C[C@]1(CO)Cc2ncn(-c3ccc(C#N)c(Cl)c3)c2C(=O)O1.O=C1OCCc2ncn(C3Cc4ccccc4C3)c21. The van der Waals surface area contributed by atoms with Gasteiger partial charge in [0.05, 0.1) is 90.3 Å². The van der Waals surface area contributed by atoms with Crippen molar-refractivity contribution in [3.8, 4) is 17.8 Å². The molecule has 104 heavy (non-hydrogen) atoms. The molecule has 2 atom stereocenters. The van der Waals surface area contributed by atoms with Crippen LogP contribution in [-0.2, 0) is 94.3 Å². The Bertz CT molecular complexity index is 4860. The molecule has 1 fully saturated rings. The number of hydrogen-bond acceptors (Lipinski definition) is 19. The summed E-state index contributed by atoms with van der Waals surface area (Å²) in [4.78, 5) is 83.0. The molecule has 0 spiro atoms. The molecule has 5 aromatic heterocycles. The third kappa shape index (κ3) is 14.1. The first-order chi connectivity index (χ1) is 49.9. The number of esters is 5. The number of nitrogens with zero attached hydrogens (tertiary/aromatic N) is 12. The minimum Gasteiger partial charge on any atom is -0.461 e. The number of benzene rings is 4. The first-order valence-electron chi connectivity index (χ1n) is 35.3. The number of aliphatic hydroxyl groups is 2. The highest BCUT2D eigenvalue weighted by Crippen LogP contribution is 2.40. The van der Waals surface area contributed by atoms with Gasteiger partial charge in [0.25, 0.3) is 0 Å². The van der Waals surface area contributed by atoms with Crippen LogP contribution in [0.5, 0.6) is 0 Å². The molecule has 536 valence electrons. The topological polar surface area (TPSA) is 309 Å². The maximum atomic E-state index is 12.4. The highest BCUT2D eigenvalue weighted by molar-refractivity contribution is 6.31. The van der Waals surface area contributed by atoms with Gasteiger partial charge in [-0.05, 0) is 157 Å². The Kier molecular flexibility index (Phi) is 19.2. The first kappa shape index (κ1) is 70.5. The third-order valence-electron chi connectivity index (χ3n) is 21.1. The zero-order chi connectivity index (χ0) is 73.0. The van der Waals surface area contributed by atoms with Crippen molar-refractivity contribution in [1.29, 1.82) is 10.5 Å². The van der Waals surface area contributed by atoms with Crippen molar-refractivity contribution in [3.63, 3.8) is 0 Å². The average molecular weight is 1430 g/mol. The van der Waals surface area contributed by atoms with Crippen molar-refractivity contribution in [2.75, 3.05) is 19.8 Å². The summed E-state index contributed by atoms with van der Waals surface area (Å²) in [6, 6.07) is 35.5. The van der Waals surface area contributed by atoms with E-state index in [4.69, 9.17) is 45.8 Å². The lowest BCUT2D eigenvalue weighted by atomic mass is 9.86. The number of carbonyl (C=O) groups excluding carboxylic acids is 5. The molecule has 5 aliphatic heterocycles. The standard InChI is InChI=1S/C17H18N2O3.C17H18N2O2.C15H12ClN3O3.C15H19N3O2.C15H14N2O2/c1-17(9-20)8-14-15(16(21)22-17)19(10-18-14)13-6-11-4-2-3-5-12(11)7-13;1-17(2)9-14-15(16(20)21-17)19(10-18-14)13-7-11-5-3-4-6-12(11)8-13;1-15(7-20)5-12-13(14(21)22-15)19(8-18-12)10-3-2-9(6-17)11(16)4-10;1-15(2)7-12-13(14(19)20-15)18(9-17-12)11-5-3-10(8-16)4-6-11;18-15-14-13(5-6-19-15)16-9-17(14)12-7-10-3-1-2-4-11(10)8-12/h2-5,10,13,20H,6-9H2,1H3;3-6,10,13H,7-9H2,1-2H3;2-4,8,20H,5,7H2,1H3;9-11H,3-7H2,1-2H3;1-4,9,12H,5-8H2/t;;15-;;/m..1../s1. The predicted molar refractivity (Wildman–Crippen MR) is 377 cm³/mol. The zero-order valence-corrected chi connectivity index (χ0v) is 59.6. The molecule has 24 nitrogen and oxygen atoms in total. The monoisotopic (exact) mass is 1420 g/mol. The van der Waals surface area contributed by atoms with E-state index in [2.05, 4.69) is 91.7 Å². The number of hydrogen-bond donors (Lipinski definition) is 2. The van der Waals surface area contributed by atoms with Crippen LogP contribution in [0.1, 0.15) is 211 Å². The van der Waals surface area contributed by atoms with E-state index in [1.807, 2.05) is 70.5 Å². The van der Waals surface area contributed by atoms with Gasteiger partial charge in [0, 0.05) is 67.9 Å². The molecule has 18 rings (SSSR count). The van der Waals surface area contributed by atoms with Crippen molar-refractivity contribution in [3.05, 3.63) is 224 Å². The largest absolute Gasteiger partial charge is 0.461 e. The smallest absolute Gasteiger partial charge is 0.357 e. The second-order valence-electron chi connectivity index (χ2n) is 30.0. The van der Waals surface area contributed by atoms with Crippen LogP contribution in [0, 0.1) is 28.6 Å². The molecule has 10 heterocycles. The van der Waals surface area contributed by atoms with Crippen LogP contribution in [0.2, 0.25) is 5.02 Å². The van der Waals surface area contributed by atoms with E-state index < -0.39 is 28.4 Å². The fourth-order valence-corrected chi connectivity index (χ4v) is 16.0. The number of aromatic nitrogens is 10. The lowest BCUT2D eigenvalue weighted by molar-refractivity contribution is -0.0442. The van der Waals surface area contributed by atoms with E-state index in [9.17, 15) is 34.2 Å². The summed E-state index contributed by atoms with van der Waals surface area (Å²) in [5.41, 5.74) is 13.0. The first-order valence-corrected chi connectivity index (χ1v) is 35.7. The fourth-order valence-electron chi connectivity index (χ4n) is 15.8. The van der Waals surface area contributed by atoms with Gasteiger partial charge in [-0.3, -0.25) is 4.57 Å². The molecule has 25 heteroatoms. The fraction of sp³-hybridized carbons (Fsp3) is 0.418. The summed E-state index contributed by atoms with van der Waals surface area (Å²) < 4.78 is 36.4. The Labute approximate surface area is 606 Å². The molecule has 0 radical (unpaired) electrons. The van der Waals surface area contributed by atoms with Gasteiger partial charge < -0.3 is 52.2 Å². The van der Waals surface area contributed by atoms with Crippen LogP contribution >= 0.6 is 11.6 Å². The lowest BCUT2D eigenvalue weighted by Gasteiger charge is -2.31. The predicted octanol–water partition coefficient (Wildman–Crippen LogP) is 10.8. The Morgan fingerprint density at radius 1 is 0.462 bits per heavy atom. The minimum absolute atomic E-state index is 0.163. The van der Waals surface area contributed by atoms with Gasteiger partial charge in [-0.25, -0.2) is 48.9 Å². The highest BCUT2D eigenvalue weighted by Gasteiger charge is 2.44. The number of rotatable bonds is 7. The number of halogens is 1. The van der Waals surface area contributed by atoms with E-state index in [0.717, 1.165) is 93.4 Å². The van der Waals surface area contributed by atoms with Gasteiger partial charge in [-0.1, -0.05) is 84.4 Å². The van der Waals surface area contributed by atoms with Crippen LogP contribution in [-0.4, -0.2) is 130 Å². The number of ether oxygens (including phenoxy) is 5. The normalized spacial score (nSPS) is 22.1. The molecule has 0 saturated heterocycles. The molecule has 0 bridgehead atoms. The molecule has 1 unspecified atom stereocenters. The minimum atomic E-state index is -0.953. The number of cyclic esters (lactones) is 5. The number of nitriles is 2. The van der Waals surface area contributed by atoms with Crippen molar-refractivity contribution >= 4 is 41.4 Å². The van der Waals surface area contributed by atoms with E-state index in [1.54, 1.807) is 55.6 Å². The Morgan fingerprint density at radius 2 is 0.827 bits per heavy atom. The summed E-state index contributed by atoms with van der Waals surface area (Å²) in [6.07, 6.45) is 20.8. The zero-order valence-electron chi connectivity index (χ0n) is 58.9. The maximum absolute atomic E-state index is 12.4. The lowest BCUT2D eigenvalue weighted by Crippen LogP contribution is -2.42. The number of imidazole rings is 5. The number of carbonyl (C=O) groups is 5. The van der Waals surface area contributed by atoms with Crippen LogP contribution in [0.4, 0.5) is 0 Å². The van der Waals surface area contributed by atoms with Gasteiger partial charge in [0.1, 0.15) is 34.8 Å². The molecule has 9 aromatic rings. The molecule has 4 aliphatic carbocycles. The van der Waals surface area contributed by atoms with E-state index >= 15 is 0 Å². The second-order valence-corrected chi connectivity index (χ2v) is 30.4. The average Bonchev–Trinajstić information content (AvgIpc) is 1.67. The molecule has 4 aromatic carbocycles. The van der Waals surface area contributed by atoms with E-state index in [1.165, 1.54) is 39.7 Å². The molecule has 1 saturated carbocycles. The summed E-state index contributed by atoms with van der Waals surface area (Å²) in [5.74, 6) is -1.50. The summed E-state index contributed by atoms with van der Waals surface area (Å²) in [5, 5.41) is 36.9. The quantitative estimate of drug-likeness (QED) is 0.111. The van der Waals surface area contributed by atoms with Gasteiger partial charge in [-0.15, -0.1) is 0 Å². The van der Waals surface area contributed by atoms with Gasteiger partial charge in [0.2, 0.25) is 0 Å². The van der Waals surface area contributed by atoms with Crippen molar-refractivity contribution in [1.82, 2.24) is 47.8 Å². The molecular weight excluding hydrogens is 1340 g/mol. The second kappa shape index (κ2) is 28.3. The van der Waals surface area contributed by atoms with E-state index in [0.29, 0.717) is 88.8 Å². The molecular formula is C79H81ClN12O12.